The van der Waals surface area contributed by atoms with E-state index in [1.54, 1.807) is 38.3 Å². The molecule has 0 N–H and O–H groups in total. The zero-order valence-corrected chi connectivity index (χ0v) is 28.0. The number of carbonyl (C=O) groups is 1. The van der Waals surface area contributed by atoms with Crippen molar-refractivity contribution in [3.8, 4) is 17.2 Å². The molecule has 1 heterocycles. The quantitative estimate of drug-likeness (QED) is 0.152. The summed E-state index contributed by atoms with van der Waals surface area (Å²) in [7, 11) is 1.55. The number of benzene rings is 3. The van der Waals surface area contributed by atoms with Crippen LogP contribution in [-0.2, 0) is 9.47 Å². The van der Waals surface area contributed by atoms with Crippen LogP contribution in [-0.4, -0.2) is 64.1 Å². The van der Waals surface area contributed by atoms with E-state index in [0.29, 0.717) is 27.8 Å². The van der Waals surface area contributed by atoms with Gasteiger partial charge in [-0.15, -0.1) is 0 Å². The molecule has 1 saturated heterocycles. The number of esters is 1. The molecule has 0 amide bonds. The third-order valence-electron chi connectivity index (χ3n) is 8.46. The molecule has 1 aliphatic heterocycles. The van der Waals surface area contributed by atoms with Gasteiger partial charge >= 0.3 is 5.97 Å². The van der Waals surface area contributed by atoms with Gasteiger partial charge in [-0.1, -0.05) is 54.8 Å². The Morgan fingerprint density at radius 1 is 0.933 bits per heavy atom. The van der Waals surface area contributed by atoms with E-state index in [2.05, 4.69) is 35.8 Å². The third kappa shape index (κ3) is 8.53. The number of hydrogen-bond donors (Lipinski definition) is 0. The van der Waals surface area contributed by atoms with Crippen molar-refractivity contribution in [1.82, 2.24) is 4.90 Å². The van der Waals surface area contributed by atoms with Crippen LogP contribution in [0.15, 0.2) is 66.2 Å². The number of methoxy groups -OCH3 is 1. The zero-order valence-electron chi connectivity index (χ0n) is 26.5. The number of allylic oxidation sites excluding steroid dienone is 1. The molecular formula is C36H42Cl2N2O5. The smallest absolute Gasteiger partial charge is 0.341 e. The van der Waals surface area contributed by atoms with Crippen molar-refractivity contribution in [2.75, 3.05) is 58.1 Å². The van der Waals surface area contributed by atoms with Gasteiger partial charge < -0.3 is 23.8 Å². The fourth-order valence-corrected chi connectivity index (χ4v) is 6.30. The Morgan fingerprint density at radius 3 is 2.38 bits per heavy atom. The van der Waals surface area contributed by atoms with Crippen LogP contribution in [0.5, 0.6) is 17.2 Å². The van der Waals surface area contributed by atoms with Crippen molar-refractivity contribution in [2.24, 2.45) is 5.41 Å². The van der Waals surface area contributed by atoms with Crippen LogP contribution in [0.25, 0.3) is 5.57 Å². The van der Waals surface area contributed by atoms with Gasteiger partial charge in [0.25, 0.3) is 0 Å². The molecular weight excluding hydrogens is 611 g/mol. The first-order valence-corrected chi connectivity index (χ1v) is 16.3. The van der Waals surface area contributed by atoms with E-state index in [1.165, 1.54) is 23.1 Å². The van der Waals surface area contributed by atoms with E-state index in [4.69, 9.17) is 42.1 Å². The van der Waals surface area contributed by atoms with E-state index >= 15 is 0 Å². The lowest BCUT2D eigenvalue weighted by atomic mass is 9.72. The summed E-state index contributed by atoms with van der Waals surface area (Å²) in [5.74, 6) is 0.915. The van der Waals surface area contributed by atoms with Crippen LogP contribution >= 0.6 is 23.2 Å². The maximum Gasteiger partial charge on any atom is 0.341 e. The van der Waals surface area contributed by atoms with Gasteiger partial charge in [-0.2, -0.15) is 0 Å². The lowest BCUT2D eigenvalue weighted by Crippen LogP contribution is -2.47. The second kappa shape index (κ2) is 14.9. The molecule has 0 atom stereocenters. The minimum atomic E-state index is -0.444. The molecule has 0 bridgehead atoms. The summed E-state index contributed by atoms with van der Waals surface area (Å²) in [5, 5.41) is 1.13. The average Bonchev–Trinajstić information content (AvgIpc) is 3.03. The van der Waals surface area contributed by atoms with Gasteiger partial charge in [0.05, 0.1) is 11.6 Å². The molecule has 9 heteroatoms. The van der Waals surface area contributed by atoms with Crippen LogP contribution in [0.1, 0.15) is 56.0 Å². The van der Waals surface area contributed by atoms with Gasteiger partial charge in [-0.3, -0.25) is 4.90 Å². The normalized spacial score (nSPS) is 16.9. The van der Waals surface area contributed by atoms with Crippen LogP contribution in [0.4, 0.5) is 5.69 Å². The first-order valence-electron chi connectivity index (χ1n) is 15.5. The summed E-state index contributed by atoms with van der Waals surface area (Å²) < 4.78 is 22.0. The van der Waals surface area contributed by atoms with Gasteiger partial charge in [-0.25, -0.2) is 4.79 Å². The molecule has 5 rings (SSSR count). The second-order valence-corrected chi connectivity index (χ2v) is 13.2. The maximum absolute atomic E-state index is 12.8. The SMILES string of the molecule is CCOC(=O)c1ccc(N2CCN(CC3=C(c4ccc(Cl)cc4)CC(C)(C)CC3)CC2)cc1Oc1ccc(OCOC)cc1Cl. The van der Waals surface area contributed by atoms with E-state index in [1.807, 2.05) is 24.3 Å². The molecule has 0 saturated carbocycles. The van der Waals surface area contributed by atoms with Crippen LogP contribution < -0.4 is 14.4 Å². The predicted molar refractivity (Wildman–Crippen MR) is 181 cm³/mol. The molecule has 2 aliphatic rings. The van der Waals surface area contributed by atoms with Crippen LogP contribution in [0.3, 0.4) is 0 Å². The molecule has 240 valence electrons. The fourth-order valence-electron chi connectivity index (χ4n) is 5.97. The molecule has 7 nitrogen and oxygen atoms in total. The topological polar surface area (TPSA) is 60.5 Å². The fraction of sp³-hybridized carbons (Fsp3) is 0.417. The highest BCUT2D eigenvalue weighted by Crippen LogP contribution is 2.43. The van der Waals surface area contributed by atoms with Crippen molar-refractivity contribution in [3.63, 3.8) is 0 Å². The summed E-state index contributed by atoms with van der Waals surface area (Å²) in [5.41, 5.74) is 5.91. The molecule has 0 unspecified atom stereocenters. The summed E-state index contributed by atoms with van der Waals surface area (Å²) in [4.78, 5) is 17.7. The Bertz CT molecular complexity index is 1510. The minimum absolute atomic E-state index is 0.109. The summed E-state index contributed by atoms with van der Waals surface area (Å²) in [6.45, 7) is 11.5. The number of anilines is 1. The second-order valence-electron chi connectivity index (χ2n) is 12.3. The van der Waals surface area contributed by atoms with E-state index in [0.717, 1.165) is 56.3 Å². The number of nitrogens with zero attached hydrogens (tertiary/aromatic N) is 2. The van der Waals surface area contributed by atoms with Crippen LogP contribution in [0.2, 0.25) is 10.0 Å². The Kier molecular flexibility index (Phi) is 11.0. The third-order valence-corrected chi connectivity index (χ3v) is 9.00. The Balaban J connectivity index is 1.31. The number of carbonyl (C=O) groups excluding carboxylic acids is 1. The average molecular weight is 654 g/mol. The first-order chi connectivity index (χ1) is 21.7. The molecule has 1 fully saturated rings. The van der Waals surface area contributed by atoms with Gasteiger partial charge in [-0.05, 0) is 79.1 Å². The molecule has 0 radical (unpaired) electrons. The maximum atomic E-state index is 12.8. The van der Waals surface area contributed by atoms with Crippen molar-refractivity contribution in [1.29, 1.82) is 0 Å². The molecule has 1 aliphatic carbocycles. The van der Waals surface area contributed by atoms with Crippen molar-refractivity contribution < 1.29 is 23.7 Å². The predicted octanol–water partition coefficient (Wildman–Crippen LogP) is 8.73. The Morgan fingerprint density at radius 2 is 1.69 bits per heavy atom. The van der Waals surface area contributed by atoms with Gasteiger partial charge in [0.2, 0.25) is 0 Å². The van der Waals surface area contributed by atoms with E-state index in [-0.39, 0.29) is 18.8 Å². The van der Waals surface area contributed by atoms with E-state index in [9.17, 15) is 4.79 Å². The largest absolute Gasteiger partial charge is 0.468 e. The van der Waals surface area contributed by atoms with Gasteiger partial charge in [0.1, 0.15) is 22.8 Å². The summed E-state index contributed by atoms with van der Waals surface area (Å²) in [6, 6.07) is 19.1. The summed E-state index contributed by atoms with van der Waals surface area (Å²) in [6.07, 6.45) is 3.39. The Labute approximate surface area is 276 Å². The molecule has 0 aromatic heterocycles. The minimum Gasteiger partial charge on any atom is -0.468 e. The molecule has 45 heavy (non-hydrogen) atoms. The highest BCUT2D eigenvalue weighted by Gasteiger charge is 2.29. The zero-order chi connectivity index (χ0) is 32.0. The van der Waals surface area contributed by atoms with E-state index < -0.39 is 5.97 Å². The lowest BCUT2D eigenvalue weighted by Gasteiger charge is -2.39. The molecule has 3 aromatic carbocycles. The standard InChI is InChI=1S/C36H42Cl2N2O5/c1-5-43-35(41)30-12-10-28(20-34(30)45-33-13-11-29(21-32(33)38)44-24-42-4)40-18-16-39(17-19-40)23-26-14-15-36(2,3)22-31(26)25-6-8-27(37)9-7-25/h6-13,20-21H,5,14-19,22-24H2,1-4H3. The molecule has 3 aromatic rings. The number of rotatable bonds is 11. The van der Waals surface area contributed by atoms with Crippen LogP contribution in [0, 0.1) is 5.41 Å². The van der Waals surface area contributed by atoms with Crippen molar-refractivity contribution >= 4 is 40.4 Å². The van der Waals surface area contributed by atoms with Gasteiger partial charge in [0, 0.05) is 62.7 Å². The monoisotopic (exact) mass is 652 g/mol. The highest BCUT2D eigenvalue weighted by atomic mass is 35.5. The molecule has 0 spiro atoms. The van der Waals surface area contributed by atoms with Crippen molar-refractivity contribution in [2.45, 2.75) is 40.0 Å². The first kappa shape index (κ1) is 33.1. The number of piperazine rings is 1. The lowest BCUT2D eigenvalue weighted by molar-refractivity contribution is 0.0509. The number of ether oxygens (including phenoxy) is 4. The van der Waals surface area contributed by atoms with Gasteiger partial charge in [0.15, 0.2) is 6.79 Å². The summed E-state index contributed by atoms with van der Waals surface area (Å²) >= 11 is 12.7. The van der Waals surface area contributed by atoms with Crippen molar-refractivity contribution in [3.05, 3.63) is 87.4 Å². The Hall–Kier alpha value is -3.23. The number of hydrogen-bond acceptors (Lipinski definition) is 7. The highest BCUT2D eigenvalue weighted by molar-refractivity contribution is 6.32. The number of halogens is 2.